The molecule has 0 saturated carbocycles. The van der Waals surface area contributed by atoms with Crippen molar-refractivity contribution in [2.24, 2.45) is 5.92 Å². The normalized spacial score (nSPS) is 21.2. The summed E-state index contributed by atoms with van der Waals surface area (Å²) in [6.07, 6.45) is 7.67. The SMILES string of the molecule is CCCC(C)CCN1CCC(Oc2ccc(C=O)c(CN(C)C3CCC(=O)NC3=O)c2)CC1. The van der Waals surface area contributed by atoms with Crippen LogP contribution in [0, 0.1) is 5.92 Å². The second-order valence-electron chi connectivity index (χ2n) is 9.70. The largest absolute Gasteiger partial charge is 0.490 e. The molecule has 2 amide bonds. The van der Waals surface area contributed by atoms with Crippen LogP contribution in [0.4, 0.5) is 0 Å². The van der Waals surface area contributed by atoms with Crippen LogP contribution in [0.25, 0.3) is 0 Å². The molecule has 2 heterocycles. The molecule has 2 aliphatic rings. The number of imide groups is 1. The van der Waals surface area contributed by atoms with E-state index in [-0.39, 0.29) is 24.0 Å². The number of carbonyl (C=O) groups excluding carboxylic acids is 3. The molecule has 1 aromatic rings. The molecule has 1 aromatic carbocycles. The lowest BCUT2D eigenvalue weighted by atomic mass is 10.0. The summed E-state index contributed by atoms with van der Waals surface area (Å²) in [4.78, 5) is 39.7. The third-order valence-corrected chi connectivity index (χ3v) is 6.96. The number of hydrogen-bond acceptors (Lipinski definition) is 6. The summed E-state index contributed by atoms with van der Waals surface area (Å²) in [5, 5.41) is 2.40. The van der Waals surface area contributed by atoms with Crippen LogP contribution < -0.4 is 10.1 Å². The molecule has 2 aliphatic heterocycles. The number of hydrogen-bond donors (Lipinski definition) is 1. The van der Waals surface area contributed by atoms with Gasteiger partial charge >= 0.3 is 0 Å². The van der Waals surface area contributed by atoms with Crippen LogP contribution in [0.3, 0.4) is 0 Å². The van der Waals surface area contributed by atoms with E-state index in [2.05, 4.69) is 24.1 Å². The molecule has 2 saturated heterocycles. The highest BCUT2D eigenvalue weighted by Gasteiger charge is 2.30. The number of benzene rings is 1. The molecular weight excluding hydrogens is 418 g/mol. The van der Waals surface area contributed by atoms with E-state index in [0.717, 1.165) is 49.4 Å². The third-order valence-electron chi connectivity index (χ3n) is 6.96. The van der Waals surface area contributed by atoms with E-state index in [1.807, 2.05) is 24.1 Å². The highest BCUT2D eigenvalue weighted by atomic mass is 16.5. The van der Waals surface area contributed by atoms with E-state index in [4.69, 9.17) is 4.74 Å². The minimum atomic E-state index is -0.379. The van der Waals surface area contributed by atoms with E-state index < -0.39 is 0 Å². The molecule has 7 nitrogen and oxygen atoms in total. The Bertz CT molecular complexity index is 820. The molecule has 182 valence electrons. The predicted molar refractivity (Wildman–Crippen MR) is 128 cm³/mol. The molecule has 1 N–H and O–H groups in total. The van der Waals surface area contributed by atoms with Gasteiger partial charge in [0.2, 0.25) is 11.8 Å². The quantitative estimate of drug-likeness (QED) is 0.405. The Morgan fingerprint density at radius 1 is 1.21 bits per heavy atom. The van der Waals surface area contributed by atoms with Gasteiger partial charge in [0, 0.05) is 31.6 Å². The third kappa shape index (κ3) is 7.37. The number of amides is 2. The van der Waals surface area contributed by atoms with Crippen LogP contribution in [0.15, 0.2) is 18.2 Å². The zero-order chi connectivity index (χ0) is 23.8. The van der Waals surface area contributed by atoms with Gasteiger partial charge in [-0.3, -0.25) is 24.6 Å². The van der Waals surface area contributed by atoms with Gasteiger partial charge in [0.15, 0.2) is 0 Å². The Kier molecular flexibility index (Phi) is 9.44. The number of piperidine rings is 2. The van der Waals surface area contributed by atoms with Crippen molar-refractivity contribution in [2.45, 2.75) is 77.5 Å². The number of likely N-dealkylation sites (N-methyl/N-ethyl adjacent to an activating group) is 1. The van der Waals surface area contributed by atoms with E-state index >= 15 is 0 Å². The fraction of sp³-hybridized carbons (Fsp3) is 0.654. The van der Waals surface area contributed by atoms with E-state index in [1.54, 1.807) is 6.07 Å². The Morgan fingerprint density at radius 2 is 1.97 bits per heavy atom. The number of carbonyl (C=O) groups is 3. The Hall–Kier alpha value is -2.25. The van der Waals surface area contributed by atoms with Gasteiger partial charge in [-0.1, -0.05) is 26.7 Å². The first-order valence-corrected chi connectivity index (χ1v) is 12.4. The monoisotopic (exact) mass is 457 g/mol. The number of aldehydes is 1. The number of rotatable bonds is 11. The maximum atomic E-state index is 12.2. The van der Waals surface area contributed by atoms with Gasteiger partial charge in [0.25, 0.3) is 0 Å². The molecule has 0 aromatic heterocycles. The van der Waals surface area contributed by atoms with Crippen molar-refractivity contribution in [1.29, 1.82) is 0 Å². The molecule has 0 spiro atoms. The Balaban J connectivity index is 1.54. The maximum Gasteiger partial charge on any atom is 0.243 e. The highest BCUT2D eigenvalue weighted by Crippen LogP contribution is 2.24. The van der Waals surface area contributed by atoms with Crippen molar-refractivity contribution in [2.75, 3.05) is 26.7 Å². The summed E-state index contributed by atoms with van der Waals surface area (Å²) in [6.45, 7) is 8.31. The van der Waals surface area contributed by atoms with Crippen molar-refractivity contribution >= 4 is 18.1 Å². The lowest BCUT2D eigenvalue weighted by molar-refractivity contribution is -0.137. The molecule has 0 radical (unpaired) electrons. The van der Waals surface area contributed by atoms with E-state index in [1.165, 1.54) is 25.8 Å². The van der Waals surface area contributed by atoms with Gasteiger partial charge in [-0.25, -0.2) is 0 Å². The molecule has 0 aliphatic carbocycles. The minimum Gasteiger partial charge on any atom is -0.490 e. The smallest absolute Gasteiger partial charge is 0.243 e. The van der Waals surface area contributed by atoms with Gasteiger partial charge in [0.05, 0.1) is 6.04 Å². The van der Waals surface area contributed by atoms with Gasteiger partial charge in [0.1, 0.15) is 18.1 Å². The summed E-state index contributed by atoms with van der Waals surface area (Å²) in [5.74, 6) is 1.05. The summed E-state index contributed by atoms with van der Waals surface area (Å²) in [6, 6.07) is 5.19. The van der Waals surface area contributed by atoms with Crippen molar-refractivity contribution in [1.82, 2.24) is 15.1 Å². The zero-order valence-corrected chi connectivity index (χ0v) is 20.3. The lowest BCUT2D eigenvalue weighted by Gasteiger charge is -2.33. The van der Waals surface area contributed by atoms with Crippen molar-refractivity contribution in [3.8, 4) is 5.75 Å². The molecular formula is C26H39N3O4. The number of nitrogens with one attached hydrogen (secondary N) is 1. The fourth-order valence-electron chi connectivity index (χ4n) is 4.87. The Labute approximate surface area is 197 Å². The fourth-order valence-corrected chi connectivity index (χ4v) is 4.87. The summed E-state index contributed by atoms with van der Waals surface area (Å²) in [5.41, 5.74) is 1.43. The van der Waals surface area contributed by atoms with Gasteiger partial charge in [-0.15, -0.1) is 0 Å². The van der Waals surface area contributed by atoms with E-state index in [0.29, 0.717) is 24.9 Å². The molecule has 2 unspecified atom stereocenters. The summed E-state index contributed by atoms with van der Waals surface area (Å²) >= 11 is 0. The second kappa shape index (κ2) is 12.3. The number of ether oxygens (including phenoxy) is 1. The maximum absolute atomic E-state index is 12.2. The van der Waals surface area contributed by atoms with Crippen LogP contribution in [-0.2, 0) is 16.1 Å². The number of nitrogens with zero attached hydrogens (tertiary/aromatic N) is 2. The molecule has 2 atom stereocenters. The molecule has 2 fully saturated rings. The van der Waals surface area contributed by atoms with Crippen molar-refractivity contribution < 1.29 is 19.1 Å². The molecule has 33 heavy (non-hydrogen) atoms. The second-order valence-corrected chi connectivity index (χ2v) is 9.70. The first-order valence-electron chi connectivity index (χ1n) is 12.4. The Morgan fingerprint density at radius 3 is 2.64 bits per heavy atom. The highest BCUT2D eigenvalue weighted by molar-refractivity contribution is 6.00. The first kappa shape index (κ1) is 25.4. The summed E-state index contributed by atoms with van der Waals surface area (Å²) in [7, 11) is 1.85. The van der Waals surface area contributed by atoms with Crippen LogP contribution in [0.1, 0.15) is 74.7 Å². The number of likely N-dealkylation sites (tertiary alicyclic amines) is 1. The first-order chi connectivity index (χ1) is 15.9. The molecule has 0 bridgehead atoms. The van der Waals surface area contributed by atoms with Crippen LogP contribution in [0.2, 0.25) is 0 Å². The van der Waals surface area contributed by atoms with Gasteiger partial charge < -0.3 is 9.64 Å². The van der Waals surface area contributed by atoms with Crippen molar-refractivity contribution in [3.05, 3.63) is 29.3 Å². The van der Waals surface area contributed by atoms with Crippen LogP contribution in [0.5, 0.6) is 5.75 Å². The van der Waals surface area contributed by atoms with E-state index in [9.17, 15) is 14.4 Å². The minimum absolute atomic E-state index is 0.178. The van der Waals surface area contributed by atoms with Gasteiger partial charge in [-0.2, -0.15) is 0 Å². The van der Waals surface area contributed by atoms with Crippen molar-refractivity contribution in [3.63, 3.8) is 0 Å². The lowest BCUT2D eigenvalue weighted by Crippen LogP contribution is -2.51. The zero-order valence-electron chi connectivity index (χ0n) is 20.3. The van der Waals surface area contributed by atoms with Gasteiger partial charge in [-0.05, 0) is 69.0 Å². The standard InChI is InChI=1S/C26H39N3O4/c1-4-5-19(2)10-13-29-14-11-22(12-15-29)33-23-7-6-20(18-30)21(16-23)17-28(3)24-8-9-25(31)27-26(24)32/h6-7,16,18-19,22,24H,4-5,8-15,17H2,1-3H3,(H,27,31,32). The predicted octanol–water partition coefficient (Wildman–Crippen LogP) is 3.41. The van der Waals surface area contributed by atoms with Crippen LogP contribution in [-0.4, -0.2) is 66.7 Å². The summed E-state index contributed by atoms with van der Waals surface area (Å²) < 4.78 is 6.29. The van der Waals surface area contributed by atoms with Crippen LogP contribution >= 0.6 is 0 Å². The average Bonchev–Trinajstić information content (AvgIpc) is 2.79. The molecule has 3 rings (SSSR count). The average molecular weight is 458 g/mol. The topological polar surface area (TPSA) is 79.0 Å². The molecule has 7 heteroatoms.